The van der Waals surface area contributed by atoms with E-state index in [0.29, 0.717) is 5.92 Å². The Morgan fingerprint density at radius 1 is 1.06 bits per heavy atom. The molecule has 2 aromatic carbocycles. The Balaban J connectivity index is 1.89. The predicted octanol–water partition coefficient (Wildman–Crippen LogP) is 3.58. The smallest absolute Gasteiger partial charge is 0.123 e. The van der Waals surface area contributed by atoms with Gasteiger partial charge in [-0.3, -0.25) is 0 Å². The third-order valence-electron chi connectivity index (χ3n) is 3.34. The molecule has 0 aromatic heterocycles. The largest absolute Gasteiger partial charge is 0.384 e. The average Bonchev–Trinajstić information content (AvgIpc) is 2.38. The topological polar surface area (TPSA) is 12.0 Å². The molecule has 1 aliphatic rings. The fourth-order valence-electron chi connectivity index (χ4n) is 2.44. The number of hydrogen-bond donors (Lipinski definition) is 1. The lowest BCUT2D eigenvalue weighted by Gasteiger charge is -2.26. The summed E-state index contributed by atoms with van der Waals surface area (Å²) in [6, 6.07) is 15.2. The Morgan fingerprint density at radius 2 is 1.94 bits per heavy atom. The van der Waals surface area contributed by atoms with Crippen LogP contribution in [0.3, 0.4) is 0 Å². The third-order valence-corrected chi connectivity index (χ3v) is 3.34. The summed E-state index contributed by atoms with van der Waals surface area (Å²) in [7, 11) is 0. The number of anilines is 1. The third kappa shape index (κ3) is 2.03. The quantitative estimate of drug-likeness (QED) is 0.785. The number of para-hydroxylation sites is 1. The summed E-state index contributed by atoms with van der Waals surface area (Å²) in [6.07, 6.45) is 0.979. The number of halogens is 1. The first-order chi connectivity index (χ1) is 8.33. The first-order valence-corrected chi connectivity index (χ1v) is 5.90. The van der Waals surface area contributed by atoms with Crippen molar-refractivity contribution in [3.63, 3.8) is 0 Å². The van der Waals surface area contributed by atoms with Gasteiger partial charge >= 0.3 is 0 Å². The highest BCUT2D eigenvalue weighted by molar-refractivity contribution is 5.54. The van der Waals surface area contributed by atoms with Crippen LogP contribution >= 0.6 is 0 Å². The van der Waals surface area contributed by atoms with Gasteiger partial charge in [0.2, 0.25) is 0 Å². The molecule has 1 aliphatic heterocycles. The van der Waals surface area contributed by atoms with Crippen LogP contribution < -0.4 is 5.32 Å². The standard InChI is InChI=1S/C15H14FN/c16-14-6-3-5-11(9-14)13-8-12-4-1-2-7-15(12)17-10-13/h1-7,9,13,17H,8,10H2. The van der Waals surface area contributed by atoms with Crippen LogP contribution in [-0.4, -0.2) is 6.54 Å². The Bertz CT molecular complexity index is 536. The van der Waals surface area contributed by atoms with Crippen LogP contribution in [0, 0.1) is 5.82 Å². The molecule has 2 aromatic rings. The Hall–Kier alpha value is -1.83. The normalized spacial score (nSPS) is 18.3. The van der Waals surface area contributed by atoms with Gasteiger partial charge in [0.1, 0.15) is 5.82 Å². The van der Waals surface area contributed by atoms with Gasteiger partial charge < -0.3 is 5.32 Å². The lowest BCUT2D eigenvalue weighted by atomic mass is 9.88. The maximum Gasteiger partial charge on any atom is 0.123 e. The second kappa shape index (κ2) is 4.21. The summed E-state index contributed by atoms with van der Waals surface area (Å²) in [5.74, 6) is 0.210. The molecule has 0 saturated carbocycles. The van der Waals surface area contributed by atoms with E-state index in [1.54, 1.807) is 12.1 Å². The summed E-state index contributed by atoms with van der Waals surface area (Å²) in [5, 5.41) is 3.41. The maximum atomic E-state index is 13.2. The summed E-state index contributed by atoms with van der Waals surface area (Å²) < 4.78 is 13.2. The minimum Gasteiger partial charge on any atom is -0.384 e. The molecule has 0 aliphatic carbocycles. The van der Waals surface area contributed by atoms with Crippen LogP contribution in [0.2, 0.25) is 0 Å². The molecular formula is C15H14FN. The fraction of sp³-hybridized carbons (Fsp3) is 0.200. The molecule has 86 valence electrons. The molecule has 1 N–H and O–H groups in total. The van der Waals surface area contributed by atoms with Crippen molar-refractivity contribution < 1.29 is 4.39 Å². The van der Waals surface area contributed by atoms with E-state index in [0.717, 1.165) is 18.5 Å². The molecule has 1 heterocycles. The van der Waals surface area contributed by atoms with Crippen molar-refractivity contribution in [3.8, 4) is 0 Å². The predicted molar refractivity (Wildman–Crippen MR) is 67.8 cm³/mol. The van der Waals surface area contributed by atoms with Crippen molar-refractivity contribution in [2.45, 2.75) is 12.3 Å². The second-order valence-electron chi connectivity index (χ2n) is 4.49. The zero-order chi connectivity index (χ0) is 11.7. The molecule has 0 bridgehead atoms. The molecule has 3 rings (SSSR count). The van der Waals surface area contributed by atoms with E-state index in [9.17, 15) is 4.39 Å². The fourth-order valence-corrected chi connectivity index (χ4v) is 2.44. The highest BCUT2D eigenvalue weighted by Gasteiger charge is 2.19. The Morgan fingerprint density at radius 3 is 2.82 bits per heavy atom. The molecule has 1 nitrogen and oxygen atoms in total. The highest BCUT2D eigenvalue weighted by atomic mass is 19.1. The van der Waals surface area contributed by atoms with Crippen LogP contribution in [0.15, 0.2) is 48.5 Å². The molecule has 0 fully saturated rings. The molecule has 0 amide bonds. The monoisotopic (exact) mass is 227 g/mol. The van der Waals surface area contributed by atoms with Crippen LogP contribution in [0.25, 0.3) is 0 Å². The lowest BCUT2D eigenvalue weighted by molar-refractivity contribution is 0.617. The van der Waals surface area contributed by atoms with Gasteiger partial charge in [-0.15, -0.1) is 0 Å². The van der Waals surface area contributed by atoms with E-state index in [2.05, 4.69) is 23.5 Å². The van der Waals surface area contributed by atoms with Gasteiger partial charge in [0.15, 0.2) is 0 Å². The van der Waals surface area contributed by atoms with Gasteiger partial charge in [-0.25, -0.2) is 4.39 Å². The van der Waals surface area contributed by atoms with Gasteiger partial charge in [0.25, 0.3) is 0 Å². The van der Waals surface area contributed by atoms with Crippen molar-refractivity contribution in [3.05, 3.63) is 65.5 Å². The van der Waals surface area contributed by atoms with Crippen LogP contribution in [-0.2, 0) is 6.42 Å². The number of nitrogens with one attached hydrogen (secondary N) is 1. The Kier molecular flexibility index (Phi) is 2.56. The molecular weight excluding hydrogens is 213 g/mol. The van der Waals surface area contributed by atoms with Crippen LogP contribution in [0.1, 0.15) is 17.0 Å². The molecule has 0 radical (unpaired) electrons. The van der Waals surface area contributed by atoms with Gasteiger partial charge in [0, 0.05) is 18.2 Å². The molecule has 1 atom stereocenters. The van der Waals surface area contributed by atoms with Gasteiger partial charge in [-0.05, 0) is 35.7 Å². The van der Waals surface area contributed by atoms with Gasteiger partial charge in [-0.2, -0.15) is 0 Å². The van der Waals surface area contributed by atoms with E-state index < -0.39 is 0 Å². The Labute approximate surface area is 100 Å². The molecule has 0 spiro atoms. The van der Waals surface area contributed by atoms with E-state index in [4.69, 9.17) is 0 Å². The minimum absolute atomic E-state index is 0.152. The molecule has 1 unspecified atom stereocenters. The van der Waals surface area contributed by atoms with Gasteiger partial charge in [0.05, 0.1) is 0 Å². The number of fused-ring (bicyclic) bond motifs is 1. The van der Waals surface area contributed by atoms with Crippen molar-refractivity contribution >= 4 is 5.69 Å². The van der Waals surface area contributed by atoms with Crippen molar-refractivity contribution in [1.82, 2.24) is 0 Å². The first kappa shape index (κ1) is 10.3. The average molecular weight is 227 g/mol. The van der Waals surface area contributed by atoms with E-state index in [1.807, 2.05) is 12.1 Å². The number of hydrogen-bond acceptors (Lipinski definition) is 1. The first-order valence-electron chi connectivity index (χ1n) is 5.90. The number of rotatable bonds is 1. The van der Waals surface area contributed by atoms with Crippen LogP contribution in [0.5, 0.6) is 0 Å². The minimum atomic E-state index is -0.152. The van der Waals surface area contributed by atoms with E-state index >= 15 is 0 Å². The highest BCUT2D eigenvalue weighted by Crippen LogP contribution is 2.30. The molecule has 0 saturated heterocycles. The van der Waals surface area contributed by atoms with Gasteiger partial charge in [-0.1, -0.05) is 30.3 Å². The van der Waals surface area contributed by atoms with Crippen molar-refractivity contribution in [2.75, 3.05) is 11.9 Å². The van der Waals surface area contributed by atoms with Crippen LogP contribution in [0.4, 0.5) is 10.1 Å². The maximum absolute atomic E-state index is 13.2. The molecule has 2 heteroatoms. The van der Waals surface area contributed by atoms with Crippen molar-refractivity contribution in [2.24, 2.45) is 0 Å². The van der Waals surface area contributed by atoms with E-state index in [1.165, 1.54) is 17.3 Å². The number of benzene rings is 2. The zero-order valence-electron chi connectivity index (χ0n) is 9.49. The SMILES string of the molecule is Fc1cccc(C2CNc3ccccc3C2)c1. The summed E-state index contributed by atoms with van der Waals surface area (Å²) in [4.78, 5) is 0. The zero-order valence-corrected chi connectivity index (χ0v) is 9.49. The van der Waals surface area contributed by atoms with Crippen molar-refractivity contribution in [1.29, 1.82) is 0 Å². The lowest BCUT2D eigenvalue weighted by Crippen LogP contribution is -2.21. The molecule has 17 heavy (non-hydrogen) atoms. The summed E-state index contributed by atoms with van der Waals surface area (Å²) in [6.45, 7) is 0.875. The summed E-state index contributed by atoms with van der Waals surface area (Å²) in [5.41, 5.74) is 3.60. The second-order valence-corrected chi connectivity index (χ2v) is 4.49. The van der Waals surface area contributed by atoms with E-state index in [-0.39, 0.29) is 5.82 Å². The summed E-state index contributed by atoms with van der Waals surface area (Å²) >= 11 is 0.